The molecule has 5 rings (SSSR count). The second-order valence-electron chi connectivity index (χ2n) is 9.18. The molecule has 2 heterocycles. The summed E-state index contributed by atoms with van der Waals surface area (Å²) < 4.78 is 35.1. The molecule has 0 aliphatic carbocycles. The van der Waals surface area contributed by atoms with Crippen LogP contribution in [0.4, 0.5) is 5.13 Å². The van der Waals surface area contributed by atoms with Gasteiger partial charge in [0.25, 0.3) is 15.9 Å². The van der Waals surface area contributed by atoms with Crippen LogP contribution in [0.5, 0.6) is 0 Å². The van der Waals surface area contributed by atoms with Gasteiger partial charge in [-0.3, -0.25) is 10.2 Å². The van der Waals surface area contributed by atoms with E-state index in [-0.39, 0.29) is 4.90 Å². The summed E-state index contributed by atoms with van der Waals surface area (Å²) in [6.07, 6.45) is 1.05. The van der Waals surface area contributed by atoms with Crippen molar-refractivity contribution in [3.8, 4) is 11.3 Å². The molecule has 11 heteroatoms. The first-order valence-corrected chi connectivity index (χ1v) is 14.9. The number of sulfonamides is 1. The number of nitrogens with zero attached hydrogens (tertiary/aromatic N) is 2. The van der Waals surface area contributed by atoms with Crippen molar-refractivity contribution < 1.29 is 23.4 Å². The van der Waals surface area contributed by atoms with E-state index in [9.17, 15) is 13.2 Å². The van der Waals surface area contributed by atoms with Crippen LogP contribution in [0.25, 0.3) is 21.5 Å². The van der Waals surface area contributed by atoms with E-state index in [4.69, 9.17) is 4.42 Å². The lowest BCUT2D eigenvalue weighted by Gasteiger charge is -2.11. The number of para-hydroxylation sites is 1. The van der Waals surface area contributed by atoms with Crippen LogP contribution in [-0.4, -0.2) is 31.1 Å². The van der Waals surface area contributed by atoms with Crippen molar-refractivity contribution in [1.82, 2.24) is 9.71 Å². The molecular formula is C29H28N5O4S2+. The van der Waals surface area contributed by atoms with E-state index in [1.807, 2.05) is 54.6 Å². The van der Waals surface area contributed by atoms with Crippen molar-refractivity contribution in [3.63, 3.8) is 0 Å². The summed E-state index contributed by atoms with van der Waals surface area (Å²) in [7, 11) is -4.10. The molecule has 0 saturated heterocycles. The van der Waals surface area contributed by atoms with E-state index in [0.717, 1.165) is 15.8 Å². The quantitative estimate of drug-likeness (QED) is 0.166. The molecule has 2 aromatic heterocycles. The lowest BCUT2D eigenvalue weighted by molar-refractivity contribution is -0.404. The van der Waals surface area contributed by atoms with E-state index < -0.39 is 22.0 Å². The van der Waals surface area contributed by atoms with Crippen molar-refractivity contribution in [3.05, 3.63) is 102 Å². The highest BCUT2D eigenvalue weighted by Crippen LogP contribution is 2.27. The lowest BCUT2D eigenvalue weighted by atomic mass is 10.1. The van der Waals surface area contributed by atoms with Gasteiger partial charge in [0.05, 0.1) is 15.1 Å². The number of aryl methyl sites for hydroxylation is 1. The van der Waals surface area contributed by atoms with Crippen LogP contribution in [0.15, 0.2) is 105 Å². The Morgan fingerprint density at radius 3 is 2.60 bits per heavy atom. The highest BCUT2D eigenvalue weighted by Gasteiger charge is 2.25. The van der Waals surface area contributed by atoms with Gasteiger partial charge in [-0.15, -0.1) is 0 Å². The maximum atomic E-state index is 13.0. The van der Waals surface area contributed by atoms with Crippen LogP contribution in [0, 0.1) is 0 Å². The van der Waals surface area contributed by atoms with E-state index in [2.05, 4.69) is 26.0 Å². The van der Waals surface area contributed by atoms with Gasteiger partial charge in [0, 0.05) is 12.0 Å². The lowest BCUT2D eigenvalue weighted by Crippen LogP contribution is -2.68. The molecule has 0 fully saturated rings. The van der Waals surface area contributed by atoms with E-state index in [1.54, 1.807) is 31.2 Å². The highest BCUT2D eigenvalue weighted by atomic mass is 32.2. The van der Waals surface area contributed by atoms with Crippen molar-refractivity contribution in [2.24, 2.45) is 5.10 Å². The van der Waals surface area contributed by atoms with Gasteiger partial charge >= 0.3 is 0 Å². The summed E-state index contributed by atoms with van der Waals surface area (Å²) in [4.78, 5) is 17.1. The number of thiazole rings is 1. The highest BCUT2D eigenvalue weighted by molar-refractivity contribution is 7.90. The average Bonchev–Trinajstić information content (AvgIpc) is 3.63. The number of hydrogen-bond donors (Lipinski definition) is 3. The van der Waals surface area contributed by atoms with Crippen molar-refractivity contribution in [2.75, 3.05) is 5.43 Å². The van der Waals surface area contributed by atoms with Crippen LogP contribution in [0.3, 0.4) is 0 Å². The van der Waals surface area contributed by atoms with Gasteiger partial charge in [0.1, 0.15) is 11.5 Å². The Morgan fingerprint density at radius 2 is 1.80 bits per heavy atom. The summed E-state index contributed by atoms with van der Waals surface area (Å²) >= 11 is 1.50. The van der Waals surface area contributed by atoms with Gasteiger partial charge in [-0.1, -0.05) is 65.9 Å². The zero-order chi connectivity index (χ0) is 28.1. The summed E-state index contributed by atoms with van der Waals surface area (Å²) in [5.74, 6) is 0.336. The Bertz CT molecular complexity index is 1750. The predicted octanol–water partition coefficient (Wildman–Crippen LogP) is 4.44. The maximum absolute atomic E-state index is 13.0. The number of hydrogen-bond acceptors (Lipinski definition) is 8. The molecule has 1 atom stereocenters. The van der Waals surface area contributed by atoms with Crippen LogP contribution < -0.4 is 15.9 Å². The number of rotatable bonds is 10. The van der Waals surface area contributed by atoms with E-state index >= 15 is 0 Å². The third-order valence-corrected chi connectivity index (χ3v) is 8.52. The second kappa shape index (κ2) is 11.8. The minimum absolute atomic E-state index is 0.0468. The molecule has 5 aromatic rings. The number of nitrogens with one attached hydrogen (secondary N) is 2. The third-order valence-electron chi connectivity index (χ3n) is 6.23. The first-order valence-electron chi connectivity index (χ1n) is 12.6. The maximum Gasteiger partial charge on any atom is 0.291 e. The first kappa shape index (κ1) is 27.3. The molecule has 0 spiro atoms. The molecule has 9 nitrogen and oxygen atoms in total. The van der Waals surface area contributed by atoms with Crippen molar-refractivity contribution in [2.45, 2.75) is 30.7 Å². The number of fused-ring (bicyclic) bond motifs is 1. The number of hydrazone groups is 1. The number of benzene rings is 3. The minimum atomic E-state index is -4.10. The van der Waals surface area contributed by atoms with Crippen molar-refractivity contribution in [1.29, 1.82) is 0 Å². The fourth-order valence-corrected chi connectivity index (χ4v) is 5.90. The molecular weight excluding hydrogens is 546 g/mol. The van der Waals surface area contributed by atoms with Crippen molar-refractivity contribution >= 4 is 48.3 Å². The summed E-state index contributed by atoms with van der Waals surface area (Å²) in [5, 5.41) is 5.04. The minimum Gasteiger partial charge on any atom is -0.455 e. The molecule has 0 unspecified atom stereocenters. The van der Waals surface area contributed by atoms with E-state index in [1.165, 1.54) is 23.5 Å². The Labute approximate surface area is 235 Å². The number of amides is 1. The fourth-order valence-electron chi connectivity index (χ4n) is 4.00. The van der Waals surface area contributed by atoms with Crippen LogP contribution in [0.2, 0.25) is 0 Å². The Hall–Kier alpha value is -4.32. The molecule has 3 aromatic carbocycles. The molecule has 0 bridgehead atoms. The van der Waals surface area contributed by atoms with Gasteiger partial charge < -0.3 is 10.2 Å². The number of quaternary nitrogens is 1. The number of furan rings is 1. The molecule has 204 valence electrons. The van der Waals surface area contributed by atoms with Crippen LogP contribution in [-0.2, 0) is 21.2 Å². The van der Waals surface area contributed by atoms with Gasteiger partial charge in [0.15, 0.2) is 11.8 Å². The first-order chi connectivity index (χ1) is 19.3. The van der Waals surface area contributed by atoms with Crippen LogP contribution in [0.1, 0.15) is 24.7 Å². The summed E-state index contributed by atoms with van der Waals surface area (Å²) in [6, 6.07) is 26.5. The zero-order valence-electron chi connectivity index (χ0n) is 21.7. The summed E-state index contributed by atoms with van der Waals surface area (Å²) in [5.41, 5.74) is 9.91. The largest absolute Gasteiger partial charge is 0.455 e. The number of aromatic nitrogens is 1. The van der Waals surface area contributed by atoms with Crippen LogP contribution >= 0.6 is 11.3 Å². The number of carbonyl (C=O) groups is 1. The molecule has 40 heavy (non-hydrogen) atoms. The monoisotopic (exact) mass is 574 g/mol. The number of anilines is 1. The SMILES string of the molecule is C/C(=N\Nc1nc2ccccc2s1)c1ccc(-c2cccc(S(=O)(=O)NC(=O)[C@@H]([NH3+])CCc3ccccc3)c2)o1. The summed E-state index contributed by atoms with van der Waals surface area (Å²) in [6.45, 7) is 1.80. The Balaban J connectivity index is 1.24. The van der Waals surface area contributed by atoms with E-state index in [0.29, 0.717) is 40.8 Å². The zero-order valence-corrected chi connectivity index (χ0v) is 23.3. The fraction of sp³-hybridized carbons (Fsp3) is 0.138. The molecule has 1 amide bonds. The van der Waals surface area contributed by atoms with Gasteiger partial charge in [-0.2, -0.15) is 5.10 Å². The molecule has 5 N–H and O–H groups in total. The topological polar surface area (TPSA) is 141 Å². The second-order valence-corrected chi connectivity index (χ2v) is 11.9. The Kier molecular flexibility index (Phi) is 8.06. The third kappa shape index (κ3) is 6.45. The molecule has 0 aliphatic rings. The molecule has 0 radical (unpaired) electrons. The van der Waals surface area contributed by atoms with Gasteiger partial charge in [-0.25, -0.2) is 18.1 Å². The standard InChI is InChI=1S/C29H27N5O4S2/c1-19(32-33-29-31-24-12-5-6-13-27(24)39-29)25-16-17-26(38-25)21-10-7-11-22(18-21)40(36,37)34-28(35)23(30)15-14-20-8-3-2-4-9-20/h2-13,16-18,23H,14-15,30H2,1H3,(H,31,33)(H,34,35)/p+1/b32-19+/t23-/m0/s1. The number of carbonyl (C=O) groups excluding carboxylic acids is 1. The van der Waals surface area contributed by atoms with Gasteiger partial charge in [0.2, 0.25) is 5.13 Å². The molecule has 0 saturated carbocycles. The van der Waals surface area contributed by atoms with Gasteiger partial charge in [-0.05, 0) is 55.3 Å². The smallest absolute Gasteiger partial charge is 0.291 e. The average molecular weight is 575 g/mol. The normalized spacial score (nSPS) is 12.8. The predicted molar refractivity (Wildman–Crippen MR) is 156 cm³/mol. The Morgan fingerprint density at radius 1 is 1.02 bits per heavy atom. The molecule has 0 aliphatic heterocycles.